The van der Waals surface area contributed by atoms with Gasteiger partial charge in [0, 0.05) is 24.3 Å². The van der Waals surface area contributed by atoms with E-state index in [4.69, 9.17) is 5.73 Å². The molecule has 1 aromatic rings. The lowest BCUT2D eigenvalue weighted by molar-refractivity contribution is 0.449. The van der Waals surface area contributed by atoms with Crippen LogP contribution >= 0.6 is 0 Å². The van der Waals surface area contributed by atoms with E-state index in [9.17, 15) is 0 Å². The SMILES string of the molecule is CCC(N)Cc1ccc(N2CCCCC2CC)c(C)c1. The molecule has 2 heteroatoms. The quantitative estimate of drug-likeness (QED) is 0.878. The summed E-state index contributed by atoms with van der Waals surface area (Å²) in [6, 6.07) is 7.96. The van der Waals surface area contributed by atoms with Crippen LogP contribution in [0.15, 0.2) is 18.2 Å². The van der Waals surface area contributed by atoms with Crippen molar-refractivity contribution in [3.05, 3.63) is 29.3 Å². The molecule has 0 amide bonds. The van der Waals surface area contributed by atoms with Gasteiger partial charge >= 0.3 is 0 Å². The molecule has 1 aromatic carbocycles. The van der Waals surface area contributed by atoms with Crippen molar-refractivity contribution in [3.63, 3.8) is 0 Å². The van der Waals surface area contributed by atoms with Gasteiger partial charge in [0.05, 0.1) is 0 Å². The largest absolute Gasteiger partial charge is 0.368 e. The molecular weight excluding hydrogens is 244 g/mol. The van der Waals surface area contributed by atoms with Gasteiger partial charge in [-0.25, -0.2) is 0 Å². The Morgan fingerprint density at radius 3 is 2.75 bits per heavy atom. The average molecular weight is 274 g/mol. The molecule has 0 saturated carbocycles. The fourth-order valence-electron chi connectivity index (χ4n) is 3.36. The topological polar surface area (TPSA) is 29.3 Å². The Morgan fingerprint density at radius 2 is 2.10 bits per heavy atom. The summed E-state index contributed by atoms with van der Waals surface area (Å²) in [7, 11) is 0. The van der Waals surface area contributed by atoms with Crippen LogP contribution in [0, 0.1) is 6.92 Å². The van der Waals surface area contributed by atoms with Crippen LogP contribution in [0.1, 0.15) is 57.1 Å². The van der Waals surface area contributed by atoms with Gasteiger partial charge in [0.25, 0.3) is 0 Å². The van der Waals surface area contributed by atoms with E-state index in [0.717, 1.165) is 18.9 Å². The molecule has 2 nitrogen and oxygen atoms in total. The van der Waals surface area contributed by atoms with E-state index >= 15 is 0 Å². The van der Waals surface area contributed by atoms with Crippen LogP contribution in [0.2, 0.25) is 0 Å². The molecule has 20 heavy (non-hydrogen) atoms. The second-order valence-electron chi connectivity index (χ2n) is 6.24. The van der Waals surface area contributed by atoms with E-state index in [1.165, 1.54) is 49.0 Å². The van der Waals surface area contributed by atoms with E-state index in [2.05, 4.69) is 43.9 Å². The number of benzene rings is 1. The monoisotopic (exact) mass is 274 g/mol. The Bertz CT molecular complexity index is 427. The number of hydrogen-bond donors (Lipinski definition) is 1. The predicted molar refractivity (Wildman–Crippen MR) is 88.4 cm³/mol. The maximum Gasteiger partial charge on any atom is 0.0398 e. The molecule has 0 aromatic heterocycles. The number of piperidine rings is 1. The number of aryl methyl sites for hydroxylation is 1. The fraction of sp³-hybridized carbons (Fsp3) is 0.667. The Balaban J connectivity index is 2.16. The van der Waals surface area contributed by atoms with Gasteiger partial charge in [-0.2, -0.15) is 0 Å². The summed E-state index contributed by atoms with van der Waals surface area (Å²) in [5.74, 6) is 0. The molecule has 0 aliphatic carbocycles. The molecule has 1 aliphatic rings. The van der Waals surface area contributed by atoms with Crippen LogP contribution in [0.4, 0.5) is 5.69 Å². The van der Waals surface area contributed by atoms with Crippen molar-refractivity contribution >= 4 is 5.69 Å². The molecule has 2 rings (SSSR count). The van der Waals surface area contributed by atoms with Gasteiger partial charge in [0.1, 0.15) is 0 Å². The fourth-order valence-corrected chi connectivity index (χ4v) is 3.36. The molecule has 1 aliphatic heterocycles. The van der Waals surface area contributed by atoms with Gasteiger partial charge in [0.15, 0.2) is 0 Å². The second-order valence-corrected chi connectivity index (χ2v) is 6.24. The molecule has 2 atom stereocenters. The normalized spacial score (nSPS) is 21.0. The molecule has 0 radical (unpaired) electrons. The van der Waals surface area contributed by atoms with Crippen LogP contribution in [0.5, 0.6) is 0 Å². The van der Waals surface area contributed by atoms with Crippen molar-refractivity contribution in [2.24, 2.45) is 5.73 Å². The van der Waals surface area contributed by atoms with E-state index in [1.54, 1.807) is 0 Å². The van der Waals surface area contributed by atoms with Gasteiger partial charge in [-0.15, -0.1) is 0 Å². The molecule has 0 bridgehead atoms. The highest BCUT2D eigenvalue weighted by molar-refractivity contribution is 5.55. The lowest BCUT2D eigenvalue weighted by Gasteiger charge is -2.38. The minimum Gasteiger partial charge on any atom is -0.368 e. The zero-order valence-corrected chi connectivity index (χ0v) is 13.4. The smallest absolute Gasteiger partial charge is 0.0398 e. The minimum atomic E-state index is 0.290. The number of hydrogen-bond acceptors (Lipinski definition) is 2. The van der Waals surface area contributed by atoms with Crippen molar-refractivity contribution in [3.8, 4) is 0 Å². The third-order valence-electron chi connectivity index (χ3n) is 4.69. The summed E-state index contributed by atoms with van der Waals surface area (Å²) >= 11 is 0. The number of rotatable bonds is 5. The van der Waals surface area contributed by atoms with Gasteiger partial charge in [0.2, 0.25) is 0 Å². The maximum atomic E-state index is 6.07. The van der Waals surface area contributed by atoms with Crippen LogP contribution in [-0.2, 0) is 6.42 Å². The van der Waals surface area contributed by atoms with Gasteiger partial charge in [-0.1, -0.05) is 26.0 Å². The zero-order chi connectivity index (χ0) is 14.5. The molecule has 1 fully saturated rings. The zero-order valence-electron chi connectivity index (χ0n) is 13.4. The van der Waals surface area contributed by atoms with Gasteiger partial charge in [-0.05, 0) is 62.6 Å². The highest BCUT2D eigenvalue weighted by Crippen LogP contribution is 2.29. The lowest BCUT2D eigenvalue weighted by Crippen LogP contribution is -2.39. The van der Waals surface area contributed by atoms with E-state index < -0.39 is 0 Å². The number of nitrogens with zero attached hydrogens (tertiary/aromatic N) is 1. The highest BCUT2D eigenvalue weighted by Gasteiger charge is 2.22. The van der Waals surface area contributed by atoms with Gasteiger partial charge in [-0.3, -0.25) is 0 Å². The molecular formula is C18H30N2. The van der Waals surface area contributed by atoms with Crippen molar-refractivity contribution in [1.82, 2.24) is 0 Å². The molecule has 2 N–H and O–H groups in total. The highest BCUT2D eigenvalue weighted by atomic mass is 15.2. The second kappa shape index (κ2) is 7.12. The number of anilines is 1. The third-order valence-corrected chi connectivity index (χ3v) is 4.69. The minimum absolute atomic E-state index is 0.290. The first-order valence-corrected chi connectivity index (χ1v) is 8.27. The lowest BCUT2D eigenvalue weighted by atomic mass is 9.96. The van der Waals surface area contributed by atoms with Gasteiger partial charge < -0.3 is 10.6 Å². The summed E-state index contributed by atoms with van der Waals surface area (Å²) in [6.07, 6.45) is 7.36. The van der Waals surface area contributed by atoms with E-state index in [1.807, 2.05) is 0 Å². The third kappa shape index (κ3) is 3.54. The summed E-state index contributed by atoms with van der Waals surface area (Å²) in [5.41, 5.74) is 10.3. The summed E-state index contributed by atoms with van der Waals surface area (Å²) in [6.45, 7) is 7.93. The van der Waals surface area contributed by atoms with Crippen molar-refractivity contribution < 1.29 is 0 Å². The van der Waals surface area contributed by atoms with Crippen LogP contribution < -0.4 is 10.6 Å². The average Bonchev–Trinajstić information content (AvgIpc) is 2.47. The van der Waals surface area contributed by atoms with E-state index in [0.29, 0.717) is 6.04 Å². The van der Waals surface area contributed by atoms with Crippen LogP contribution in [0.25, 0.3) is 0 Å². The van der Waals surface area contributed by atoms with Crippen LogP contribution in [0.3, 0.4) is 0 Å². The molecule has 2 unspecified atom stereocenters. The summed E-state index contributed by atoms with van der Waals surface area (Å²) < 4.78 is 0. The summed E-state index contributed by atoms with van der Waals surface area (Å²) in [5, 5.41) is 0. The Labute approximate surface area is 124 Å². The molecule has 112 valence electrons. The summed E-state index contributed by atoms with van der Waals surface area (Å²) in [4.78, 5) is 2.63. The Morgan fingerprint density at radius 1 is 1.30 bits per heavy atom. The first kappa shape index (κ1) is 15.4. The standard InChI is InChI=1S/C18H30N2/c1-4-16(19)13-15-9-10-18(14(3)12-15)20-11-7-6-8-17(20)5-2/h9-10,12,16-17H,4-8,11,13,19H2,1-3H3. The van der Waals surface area contributed by atoms with Crippen LogP contribution in [-0.4, -0.2) is 18.6 Å². The molecule has 1 heterocycles. The predicted octanol–water partition coefficient (Wildman–Crippen LogP) is 4.04. The van der Waals surface area contributed by atoms with Crippen molar-refractivity contribution in [2.45, 2.75) is 71.4 Å². The Hall–Kier alpha value is -1.02. The van der Waals surface area contributed by atoms with Crippen molar-refractivity contribution in [2.75, 3.05) is 11.4 Å². The van der Waals surface area contributed by atoms with E-state index in [-0.39, 0.29) is 0 Å². The number of nitrogens with two attached hydrogens (primary N) is 1. The first-order valence-electron chi connectivity index (χ1n) is 8.27. The molecule has 1 saturated heterocycles. The molecule has 0 spiro atoms. The first-order chi connectivity index (χ1) is 9.65. The van der Waals surface area contributed by atoms with Crippen molar-refractivity contribution in [1.29, 1.82) is 0 Å². The Kier molecular flexibility index (Phi) is 5.47. The maximum absolute atomic E-state index is 6.07.